The fourth-order valence-corrected chi connectivity index (χ4v) is 2.34. The van der Waals surface area contributed by atoms with Crippen molar-refractivity contribution in [2.45, 2.75) is 6.92 Å². The Morgan fingerprint density at radius 1 is 1.00 bits per heavy atom. The van der Waals surface area contributed by atoms with E-state index >= 15 is 0 Å². The van der Waals surface area contributed by atoms with E-state index in [-0.39, 0.29) is 0 Å². The van der Waals surface area contributed by atoms with Gasteiger partial charge in [-0.1, -0.05) is 41.4 Å². The van der Waals surface area contributed by atoms with Crippen molar-refractivity contribution in [1.29, 1.82) is 0 Å². The molecule has 0 aromatic heterocycles. The highest BCUT2D eigenvalue weighted by molar-refractivity contribution is 6.34. The smallest absolute Gasteiger partial charge is 0.138 e. The van der Waals surface area contributed by atoms with Crippen molar-refractivity contribution in [1.82, 2.24) is 0 Å². The first-order valence-corrected chi connectivity index (χ1v) is 5.98. The van der Waals surface area contributed by atoms with Crippen LogP contribution < -0.4 is 4.74 Å². The second-order valence-corrected chi connectivity index (χ2v) is 4.60. The number of methoxy groups -OCH3 is 1. The van der Waals surface area contributed by atoms with Gasteiger partial charge in [0.15, 0.2) is 0 Å². The van der Waals surface area contributed by atoms with Crippen LogP contribution in [0.1, 0.15) is 5.56 Å². The molecule has 0 aliphatic carbocycles. The fourth-order valence-electron chi connectivity index (χ4n) is 1.81. The molecule has 0 bridgehead atoms. The van der Waals surface area contributed by atoms with Gasteiger partial charge in [-0.05, 0) is 36.2 Å². The number of hydrogen-bond acceptors (Lipinski definition) is 1. The molecular weight excluding hydrogens is 255 g/mol. The normalized spacial score (nSPS) is 10.4. The van der Waals surface area contributed by atoms with Crippen molar-refractivity contribution < 1.29 is 4.74 Å². The zero-order chi connectivity index (χ0) is 12.4. The predicted molar refractivity (Wildman–Crippen MR) is 73.2 cm³/mol. The second-order valence-electron chi connectivity index (χ2n) is 3.78. The summed E-state index contributed by atoms with van der Waals surface area (Å²) in [5.74, 6) is 0.656. The summed E-state index contributed by atoms with van der Waals surface area (Å²) in [4.78, 5) is 0. The van der Waals surface area contributed by atoms with Crippen molar-refractivity contribution in [3.8, 4) is 16.9 Å². The molecule has 88 valence electrons. The highest BCUT2D eigenvalue weighted by atomic mass is 35.5. The molecule has 2 aromatic rings. The molecule has 0 unspecified atom stereocenters. The van der Waals surface area contributed by atoms with Crippen molar-refractivity contribution in [3.63, 3.8) is 0 Å². The monoisotopic (exact) mass is 266 g/mol. The minimum atomic E-state index is 0.598. The molecule has 0 atom stereocenters. The molecule has 0 saturated carbocycles. The standard InChI is InChI=1S/C14H12Cl2O/c1-9-4-3-5-12(16)14(9)10-6-7-11(15)13(8-10)17-2/h3-8H,1-2H3. The Morgan fingerprint density at radius 2 is 1.76 bits per heavy atom. The Hall–Kier alpha value is -1.18. The summed E-state index contributed by atoms with van der Waals surface area (Å²) in [6.45, 7) is 2.03. The maximum absolute atomic E-state index is 6.23. The van der Waals surface area contributed by atoms with Crippen LogP contribution in [0.15, 0.2) is 36.4 Å². The van der Waals surface area contributed by atoms with Gasteiger partial charge < -0.3 is 4.74 Å². The van der Waals surface area contributed by atoms with E-state index in [4.69, 9.17) is 27.9 Å². The van der Waals surface area contributed by atoms with E-state index < -0.39 is 0 Å². The van der Waals surface area contributed by atoms with E-state index in [1.807, 2.05) is 43.3 Å². The Kier molecular flexibility index (Phi) is 3.60. The molecule has 3 heteroatoms. The molecule has 17 heavy (non-hydrogen) atoms. The molecule has 0 radical (unpaired) electrons. The van der Waals surface area contributed by atoms with Crippen LogP contribution in [0.3, 0.4) is 0 Å². The van der Waals surface area contributed by atoms with Gasteiger partial charge in [0.25, 0.3) is 0 Å². The number of benzene rings is 2. The van der Waals surface area contributed by atoms with Gasteiger partial charge in [0, 0.05) is 10.6 Å². The molecule has 2 aromatic carbocycles. The highest BCUT2D eigenvalue weighted by Crippen LogP contribution is 2.35. The number of ether oxygens (including phenoxy) is 1. The summed E-state index contributed by atoms with van der Waals surface area (Å²) in [5, 5.41) is 1.33. The first-order valence-electron chi connectivity index (χ1n) is 5.22. The van der Waals surface area contributed by atoms with Crippen molar-refractivity contribution in [2.75, 3.05) is 7.11 Å². The topological polar surface area (TPSA) is 9.23 Å². The van der Waals surface area contributed by atoms with E-state index in [2.05, 4.69) is 0 Å². The van der Waals surface area contributed by atoms with E-state index in [0.29, 0.717) is 10.8 Å². The quantitative estimate of drug-likeness (QED) is 0.745. The second kappa shape index (κ2) is 4.99. The van der Waals surface area contributed by atoms with Crippen molar-refractivity contribution >= 4 is 23.2 Å². The van der Waals surface area contributed by atoms with Gasteiger partial charge in [-0.15, -0.1) is 0 Å². The minimum absolute atomic E-state index is 0.598. The Morgan fingerprint density at radius 3 is 2.41 bits per heavy atom. The number of aryl methyl sites for hydroxylation is 1. The predicted octanol–water partition coefficient (Wildman–Crippen LogP) is 4.98. The average molecular weight is 267 g/mol. The van der Waals surface area contributed by atoms with E-state index in [0.717, 1.165) is 21.7 Å². The Bertz CT molecular complexity index is 530. The summed E-state index contributed by atoms with van der Waals surface area (Å²) in [5.41, 5.74) is 3.15. The van der Waals surface area contributed by atoms with Gasteiger partial charge in [-0.25, -0.2) is 0 Å². The summed E-state index contributed by atoms with van der Waals surface area (Å²) in [7, 11) is 1.60. The first-order chi connectivity index (χ1) is 8.13. The lowest BCUT2D eigenvalue weighted by molar-refractivity contribution is 0.415. The van der Waals surface area contributed by atoms with Gasteiger partial charge in [0.1, 0.15) is 5.75 Å². The maximum atomic E-state index is 6.23. The van der Waals surface area contributed by atoms with Gasteiger partial charge in [0.05, 0.1) is 12.1 Å². The number of halogens is 2. The Balaban J connectivity index is 2.61. The zero-order valence-electron chi connectivity index (χ0n) is 9.63. The molecule has 2 rings (SSSR count). The molecule has 0 amide bonds. The lowest BCUT2D eigenvalue weighted by atomic mass is 10.0. The van der Waals surface area contributed by atoms with Gasteiger partial charge in [-0.2, -0.15) is 0 Å². The van der Waals surface area contributed by atoms with Gasteiger partial charge in [0.2, 0.25) is 0 Å². The largest absolute Gasteiger partial charge is 0.495 e. The van der Waals surface area contributed by atoms with Crippen LogP contribution in [0.25, 0.3) is 11.1 Å². The summed E-state index contributed by atoms with van der Waals surface area (Å²) < 4.78 is 5.21. The van der Waals surface area contributed by atoms with Gasteiger partial charge >= 0.3 is 0 Å². The summed E-state index contributed by atoms with van der Waals surface area (Å²) in [6, 6.07) is 11.5. The third-order valence-corrected chi connectivity index (χ3v) is 3.29. The van der Waals surface area contributed by atoms with Gasteiger partial charge in [-0.3, -0.25) is 0 Å². The summed E-state index contributed by atoms with van der Waals surface area (Å²) in [6.07, 6.45) is 0. The lowest BCUT2D eigenvalue weighted by Gasteiger charge is -2.10. The number of hydrogen-bond donors (Lipinski definition) is 0. The van der Waals surface area contributed by atoms with Crippen molar-refractivity contribution in [3.05, 3.63) is 52.0 Å². The van der Waals surface area contributed by atoms with E-state index in [9.17, 15) is 0 Å². The molecule has 0 fully saturated rings. The Labute approximate surface area is 111 Å². The average Bonchev–Trinajstić information content (AvgIpc) is 2.31. The third kappa shape index (κ3) is 2.41. The molecule has 0 saturated heterocycles. The number of rotatable bonds is 2. The van der Waals surface area contributed by atoms with E-state index in [1.165, 1.54) is 0 Å². The molecule has 0 aliphatic rings. The van der Waals surface area contributed by atoms with Crippen LogP contribution in [-0.4, -0.2) is 7.11 Å². The molecule has 1 nitrogen and oxygen atoms in total. The lowest BCUT2D eigenvalue weighted by Crippen LogP contribution is -1.88. The SMILES string of the molecule is COc1cc(-c2c(C)cccc2Cl)ccc1Cl. The minimum Gasteiger partial charge on any atom is -0.495 e. The van der Waals surface area contributed by atoms with E-state index in [1.54, 1.807) is 7.11 Å². The molecule has 0 heterocycles. The van der Waals surface area contributed by atoms with Crippen LogP contribution in [0, 0.1) is 6.92 Å². The maximum Gasteiger partial charge on any atom is 0.138 e. The highest BCUT2D eigenvalue weighted by Gasteiger charge is 2.09. The van der Waals surface area contributed by atoms with Crippen LogP contribution in [0.2, 0.25) is 10.0 Å². The summed E-state index contributed by atoms with van der Waals surface area (Å²) >= 11 is 12.2. The molecule has 0 spiro atoms. The molecule has 0 aliphatic heterocycles. The third-order valence-electron chi connectivity index (χ3n) is 2.66. The van der Waals surface area contributed by atoms with Crippen LogP contribution in [-0.2, 0) is 0 Å². The first kappa shape index (κ1) is 12.3. The zero-order valence-corrected chi connectivity index (χ0v) is 11.1. The fraction of sp³-hybridized carbons (Fsp3) is 0.143. The van der Waals surface area contributed by atoms with Crippen molar-refractivity contribution in [2.24, 2.45) is 0 Å². The molecule has 0 N–H and O–H groups in total. The van der Waals surface area contributed by atoms with Crippen LogP contribution in [0.4, 0.5) is 0 Å². The van der Waals surface area contributed by atoms with Crippen LogP contribution in [0.5, 0.6) is 5.75 Å². The van der Waals surface area contributed by atoms with Crippen LogP contribution >= 0.6 is 23.2 Å². The molecular formula is C14H12Cl2O.